The highest BCUT2D eigenvalue weighted by atomic mass is 32.2. The Kier molecular flexibility index (Phi) is 4.77. The third-order valence-electron chi connectivity index (χ3n) is 2.35. The third kappa shape index (κ3) is 3.34. The molecule has 0 aromatic heterocycles. The minimum absolute atomic E-state index is 0.934. The molecule has 1 fully saturated rings. The van der Waals surface area contributed by atoms with Crippen molar-refractivity contribution in [2.45, 2.75) is 36.2 Å². The number of halogens is 3. The summed E-state index contributed by atoms with van der Waals surface area (Å²) in [6, 6.07) is 0. The molecule has 1 saturated heterocycles. The maximum atomic E-state index is 12.1. The Morgan fingerprint density at radius 2 is 1.63 bits per heavy atom. The monoisotopic (exact) mass is 312 g/mol. The van der Waals surface area contributed by atoms with Crippen LogP contribution in [0.15, 0.2) is 0 Å². The van der Waals surface area contributed by atoms with E-state index >= 15 is 0 Å². The molecule has 5 atom stereocenters. The smallest absolute Gasteiger partial charge is 0.394 e. The first-order chi connectivity index (χ1) is 8.51. The van der Waals surface area contributed by atoms with E-state index in [0.717, 1.165) is 0 Å². The van der Waals surface area contributed by atoms with Crippen LogP contribution in [0.4, 0.5) is 13.2 Å². The Morgan fingerprint density at radius 3 is 2.05 bits per heavy atom. The number of hydrogen-bond acceptors (Lipinski definition) is 8. The molecule has 4 N–H and O–H groups in total. The number of hydrogen-bond donors (Lipinski definition) is 4. The van der Waals surface area contributed by atoms with Gasteiger partial charge in [0.1, 0.15) is 24.4 Å². The van der Waals surface area contributed by atoms with Gasteiger partial charge >= 0.3 is 15.6 Å². The minimum atomic E-state index is -6.06. The van der Waals surface area contributed by atoms with E-state index in [9.17, 15) is 36.9 Å². The number of rotatable bonds is 3. The lowest BCUT2D eigenvalue weighted by molar-refractivity contribution is -0.278. The van der Waals surface area contributed by atoms with Gasteiger partial charge in [-0.05, 0) is 0 Å². The van der Waals surface area contributed by atoms with Crippen molar-refractivity contribution in [2.24, 2.45) is 0 Å². The van der Waals surface area contributed by atoms with Crippen LogP contribution >= 0.6 is 0 Å². The van der Waals surface area contributed by atoms with E-state index in [-0.39, 0.29) is 0 Å². The maximum absolute atomic E-state index is 12.1. The molecule has 0 saturated carbocycles. The molecule has 8 nitrogen and oxygen atoms in total. The largest absolute Gasteiger partial charge is 0.523 e. The van der Waals surface area contributed by atoms with Crippen molar-refractivity contribution in [2.75, 3.05) is 6.61 Å². The van der Waals surface area contributed by atoms with Gasteiger partial charge in [0.2, 0.25) is 6.29 Å². The number of aliphatic hydroxyl groups is 4. The van der Waals surface area contributed by atoms with E-state index in [2.05, 4.69) is 8.92 Å². The fraction of sp³-hybridized carbons (Fsp3) is 1.00. The summed E-state index contributed by atoms with van der Waals surface area (Å²) in [6.07, 6.45) is -10.1. The molecule has 19 heavy (non-hydrogen) atoms. The predicted molar refractivity (Wildman–Crippen MR) is 49.8 cm³/mol. The first-order valence-corrected chi connectivity index (χ1v) is 6.22. The van der Waals surface area contributed by atoms with E-state index in [0.29, 0.717) is 0 Å². The Bertz CT molecular complexity index is 407. The Labute approximate surface area is 105 Å². The van der Waals surface area contributed by atoms with Gasteiger partial charge in [-0.2, -0.15) is 21.6 Å². The average Bonchev–Trinajstić information content (AvgIpc) is 2.28. The van der Waals surface area contributed by atoms with Crippen LogP contribution in [-0.4, -0.2) is 71.7 Å². The van der Waals surface area contributed by atoms with Gasteiger partial charge in [0, 0.05) is 0 Å². The van der Waals surface area contributed by atoms with E-state index in [1.54, 1.807) is 0 Å². The molecule has 0 aliphatic carbocycles. The van der Waals surface area contributed by atoms with Crippen LogP contribution in [0.3, 0.4) is 0 Å². The highest BCUT2D eigenvalue weighted by Crippen LogP contribution is 2.29. The fourth-order valence-corrected chi connectivity index (χ4v) is 1.84. The maximum Gasteiger partial charge on any atom is 0.523 e. The molecule has 0 spiro atoms. The normalized spacial score (nSPS) is 37.3. The SMILES string of the molecule is O=S(=O)(O[C@@H]1O[C@H](CO)[C@@H](O)[C@@H](O)[C@H]1O)C(F)(F)F. The molecule has 0 aromatic carbocycles. The van der Waals surface area contributed by atoms with Gasteiger partial charge in [0.05, 0.1) is 6.61 Å². The van der Waals surface area contributed by atoms with Crippen molar-refractivity contribution in [3.05, 3.63) is 0 Å². The van der Waals surface area contributed by atoms with Crippen molar-refractivity contribution in [3.63, 3.8) is 0 Å². The Balaban J connectivity index is 2.89. The first kappa shape index (κ1) is 16.6. The van der Waals surface area contributed by atoms with Gasteiger partial charge in [-0.25, -0.2) is 4.18 Å². The second kappa shape index (κ2) is 5.47. The molecule has 1 aliphatic rings. The summed E-state index contributed by atoms with van der Waals surface area (Å²) < 4.78 is 65.6. The van der Waals surface area contributed by atoms with E-state index in [4.69, 9.17) is 5.11 Å². The molecule has 0 amide bonds. The highest BCUT2D eigenvalue weighted by molar-refractivity contribution is 7.87. The lowest BCUT2D eigenvalue weighted by Crippen LogP contribution is -2.59. The molecule has 0 aromatic rings. The predicted octanol–water partition coefficient (Wildman–Crippen LogP) is -2.35. The third-order valence-corrected chi connectivity index (χ3v) is 3.36. The molecule has 0 bridgehead atoms. The summed E-state index contributed by atoms with van der Waals surface area (Å²) in [7, 11) is -6.06. The summed E-state index contributed by atoms with van der Waals surface area (Å²) in [6.45, 7) is -0.934. The number of alkyl halides is 3. The molecule has 12 heteroatoms. The zero-order chi connectivity index (χ0) is 15.0. The first-order valence-electron chi connectivity index (χ1n) is 4.81. The number of ether oxygens (including phenoxy) is 1. The molecule has 0 unspecified atom stereocenters. The molecule has 114 valence electrons. The van der Waals surface area contributed by atoms with Crippen molar-refractivity contribution >= 4 is 10.1 Å². The average molecular weight is 312 g/mol. The Hall–Kier alpha value is -0.500. The minimum Gasteiger partial charge on any atom is -0.394 e. The van der Waals surface area contributed by atoms with Crippen LogP contribution in [-0.2, 0) is 19.0 Å². The van der Waals surface area contributed by atoms with Crippen LogP contribution in [0.2, 0.25) is 0 Å². The number of aliphatic hydroxyl groups excluding tert-OH is 4. The summed E-state index contributed by atoms with van der Waals surface area (Å²) in [4.78, 5) is 0. The van der Waals surface area contributed by atoms with Crippen LogP contribution in [0.25, 0.3) is 0 Å². The highest BCUT2D eigenvalue weighted by Gasteiger charge is 2.53. The van der Waals surface area contributed by atoms with Gasteiger partial charge in [0.25, 0.3) is 0 Å². The van der Waals surface area contributed by atoms with Gasteiger partial charge < -0.3 is 25.2 Å². The molecular formula is C7H11F3O8S. The summed E-state index contributed by atoms with van der Waals surface area (Å²) in [5.41, 5.74) is -5.74. The van der Waals surface area contributed by atoms with Crippen molar-refractivity contribution in [1.82, 2.24) is 0 Å². The van der Waals surface area contributed by atoms with Gasteiger partial charge in [0.15, 0.2) is 0 Å². The van der Waals surface area contributed by atoms with E-state index in [1.807, 2.05) is 0 Å². The van der Waals surface area contributed by atoms with Gasteiger partial charge in [-0.3, -0.25) is 0 Å². The zero-order valence-electron chi connectivity index (χ0n) is 9.06. The molecular weight excluding hydrogens is 301 g/mol. The van der Waals surface area contributed by atoms with Gasteiger partial charge in [-0.1, -0.05) is 0 Å². The molecule has 1 aliphatic heterocycles. The standard InChI is InChI=1S/C7H11F3O8S/c8-7(9,10)19(15,16)18-6-5(14)4(13)3(12)2(1-11)17-6/h2-6,11-14H,1H2/t2-,3-,4-,5-,6+/m1/s1. The van der Waals surface area contributed by atoms with Gasteiger partial charge in [-0.15, -0.1) is 0 Å². The van der Waals surface area contributed by atoms with Crippen LogP contribution in [0, 0.1) is 0 Å². The Morgan fingerprint density at radius 1 is 1.11 bits per heavy atom. The van der Waals surface area contributed by atoms with Crippen LogP contribution < -0.4 is 0 Å². The summed E-state index contributed by atoms with van der Waals surface area (Å²) >= 11 is 0. The lowest BCUT2D eigenvalue weighted by Gasteiger charge is -2.39. The molecule has 0 radical (unpaired) electrons. The quantitative estimate of drug-likeness (QED) is 0.336. The summed E-state index contributed by atoms with van der Waals surface area (Å²) in [5.74, 6) is 0. The second-order valence-corrected chi connectivity index (χ2v) is 5.26. The van der Waals surface area contributed by atoms with Crippen LogP contribution in [0.5, 0.6) is 0 Å². The molecule has 1 rings (SSSR count). The van der Waals surface area contributed by atoms with Crippen molar-refractivity contribution in [1.29, 1.82) is 0 Å². The van der Waals surface area contributed by atoms with Crippen LogP contribution in [0.1, 0.15) is 0 Å². The second-order valence-electron chi connectivity index (χ2n) is 3.69. The van der Waals surface area contributed by atoms with E-state index < -0.39 is 52.9 Å². The lowest BCUT2D eigenvalue weighted by atomic mass is 10.00. The summed E-state index contributed by atoms with van der Waals surface area (Å²) in [5, 5.41) is 36.5. The van der Waals surface area contributed by atoms with Crippen molar-refractivity contribution < 1.29 is 50.9 Å². The fourth-order valence-electron chi connectivity index (χ4n) is 1.33. The zero-order valence-corrected chi connectivity index (χ0v) is 9.87. The molecule has 1 heterocycles. The van der Waals surface area contributed by atoms with E-state index in [1.165, 1.54) is 0 Å². The van der Waals surface area contributed by atoms with Crippen molar-refractivity contribution in [3.8, 4) is 0 Å². The topological polar surface area (TPSA) is 134 Å².